The van der Waals surface area contributed by atoms with Crippen LogP contribution in [0.2, 0.25) is 0 Å². The van der Waals surface area contributed by atoms with Gasteiger partial charge < -0.3 is 40.0 Å². The van der Waals surface area contributed by atoms with E-state index in [0.29, 0.717) is 96.9 Å². The molecule has 0 radical (unpaired) electrons. The highest BCUT2D eigenvalue weighted by molar-refractivity contribution is 9.10. The molecule has 22 heteroatoms. The first kappa shape index (κ1) is 38.1. The number of alkyl halides is 1. The highest BCUT2D eigenvalue weighted by atomic mass is 79.9. The van der Waals surface area contributed by atoms with Gasteiger partial charge in [0, 0.05) is 58.9 Å². The lowest BCUT2D eigenvalue weighted by Gasteiger charge is -2.35. The molecule has 20 nitrogen and oxygen atoms in total. The second kappa shape index (κ2) is 15.4. The maximum absolute atomic E-state index is 15.6. The predicted octanol–water partition coefficient (Wildman–Crippen LogP) is 2.87. The molecule has 6 aromatic heterocycles. The van der Waals surface area contributed by atoms with Crippen LogP contribution in [-0.4, -0.2) is 135 Å². The quantitative estimate of drug-likeness (QED) is 0.130. The van der Waals surface area contributed by atoms with Crippen molar-refractivity contribution in [2.24, 2.45) is 14.1 Å². The lowest BCUT2D eigenvalue weighted by Crippen LogP contribution is -2.49. The van der Waals surface area contributed by atoms with E-state index in [2.05, 4.69) is 74.5 Å². The second-order valence-corrected chi connectivity index (χ2v) is 15.6. The number of carbonyl (C=O) groups excluding carboxylic acids is 1. The van der Waals surface area contributed by atoms with Crippen molar-refractivity contribution >= 4 is 79.0 Å². The third-order valence-electron chi connectivity index (χ3n) is 10.4. The average molecular weight is 870 g/mol. The minimum atomic E-state index is -1.36. The van der Waals surface area contributed by atoms with Crippen molar-refractivity contribution in [2.45, 2.75) is 25.7 Å². The number of fused-ring (bicyclic) bond motifs is 3. The zero-order valence-electron chi connectivity index (χ0n) is 32.8. The Hall–Kier alpha value is -6.42. The molecule has 7 aromatic rings. The number of hydrogen-bond acceptors (Lipinski definition) is 15. The second-order valence-electron chi connectivity index (χ2n) is 14.8. The first-order chi connectivity index (χ1) is 28.5. The Kier molecular flexibility index (Phi) is 9.95. The van der Waals surface area contributed by atoms with Crippen LogP contribution in [0, 0.1) is 6.92 Å². The largest absolute Gasteiger partial charge is 0.478 e. The van der Waals surface area contributed by atoms with Gasteiger partial charge in [-0.05, 0) is 40.5 Å². The maximum Gasteiger partial charge on any atom is 0.256 e. The van der Waals surface area contributed by atoms with E-state index in [-0.39, 0.29) is 13.1 Å². The molecule has 2 saturated heterocycles. The van der Waals surface area contributed by atoms with Crippen molar-refractivity contribution < 1.29 is 13.9 Å². The predicted molar refractivity (Wildman–Crippen MR) is 223 cm³/mol. The summed E-state index contributed by atoms with van der Waals surface area (Å²) in [7, 11) is 5.14. The third kappa shape index (κ3) is 7.55. The zero-order valence-corrected chi connectivity index (χ0v) is 34.4. The number of rotatable bonds is 12. The average Bonchev–Trinajstić information content (AvgIpc) is 4.06. The number of amides is 1. The van der Waals surface area contributed by atoms with Crippen molar-refractivity contribution in [3.63, 3.8) is 0 Å². The van der Waals surface area contributed by atoms with Crippen molar-refractivity contribution in [1.29, 1.82) is 0 Å². The van der Waals surface area contributed by atoms with E-state index >= 15 is 4.39 Å². The number of aryl methyl sites for hydroxylation is 3. The molecule has 0 unspecified atom stereocenters. The molecule has 1 amide bonds. The standard InChI is InChI=1S/C37H42BrFN18O2/c1-20-6-7-24-25(12-20)44-28(43-24)14-40-35-50-37(48-31-22(38)13-42-57(31)35)55-10-8-54(9-11-55)15-21(2)33(58)46-26-18-56(16-23(26)39)36-47-30(29-32(49-36)52(3)19-41-29)45-27-17-53(4)51-34(27)59-5/h6-7,12-13,17,19,23,26H,2,8-11,14-16,18H2,1,3-5H3,(H,43,44)(H,46,58)(H,40,48,50)(H,45,47,49)/t23-,26-/m1/s1. The van der Waals surface area contributed by atoms with Gasteiger partial charge >= 0.3 is 0 Å². The van der Waals surface area contributed by atoms with Gasteiger partial charge in [0.2, 0.25) is 23.8 Å². The summed E-state index contributed by atoms with van der Waals surface area (Å²) in [5, 5.41) is 18.3. The van der Waals surface area contributed by atoms with Gasteiger partial charge in [0.15, 0.2) is 22.6 Å². The molecule has 2 aliphatic rings. The number of aromatic nitrogens is 12. The molecule has 306 valence electrons. The fourth-order valence-electron chi connectivity index (χ4n) is 7.36. The van der Waals surface area contributed by atoms with Gasteiger partial charge in [0.05, 0.1) is 60.5 Å². The Morgan fingerprint density at radius 1 is 1.05 bits per heavy atom. The number of benzene rings is 1. The minimum Gasteiger partial charge on any atom is -0.478 e. The Balaban J connectivity index is 0.812. The number of nitrogens with one attached hydrogen (secondary N) is 4. The van der Waals surface area contributed by atoms with Crippen LogP contribution in [0.4, 0.5) is 33.7 Å². The van der Waals surface area contributed by atoms with Crippen LogP contribution in [-0.2, 0) is 25.4 Å². The van der Waals surface area contributed by atoms with Crippen molar-refractivity contribution in [2.75, 3.05) is 73.4 Å². The van der Waals surface area contributed by atoms with Crippen LogP contribution in [0.3, 0.4) is 0 Å². The number of anilines is 5. The van der Waals surface area contributed by atoms with E-state index in [1.807, 2.05) is 26.1 Å². The molecule has 0 saturated carbocycles. The zero-order chi connectivity index (χ0) is 40.9. The molecule has 2 aliphatic heterocycles. The van der Waals surface area contributed by atoms with Crippen LogP contribution in [0.25, 0.3) is 27.8 Å². The molecule has 0 spiro atoms. The number of methoxy groups -OCH3 is 1. The first-order valence-electron chi connectivity index (χ1n) is 19.0. The number of carbonyl (C=O) groups is 1. The molecule has 9 rings (SSSR count). The molecular formula is C37H42BrFN18O2. The Labute approximate surface area is 345 Å². The van der Waals surface area contributed by atoms with Gasteiger partial charge in [-0.15, -0.1) is 5.10 Å². The first-order valence-corrected chi connectivity index (χ1v) is 19.8. The molecule has 0 aliphatic carbocycles. The molecule has 0 bridgehead atoms. The molecule has 1 aromatic carbocycles. The molecule has 4 N–H and O–H groups in total. The summed E-state index contributed by atoms with van der Waals surface area (Å²) in [6.07, 6.45) is 3.74. The molecule has 2 fully saturated rings. The summed E-state index contributed by atoms with van der Waals surface area (Å²) in [6, 6.07) is 5.32. The molecule has 8 heterocycles. The summed E-state index contributed by atoms with van der Waals surface area (Å²) in [5.74, 6) is 2.57. The maximum atomic E-state index is 15.6. The van der Waals surface area contributed by atoms with Crippen molar-refractivity contribution in [3.05, 3.63) is 64.9 Å². The number of imidazole rings is 2. The number of hydrogen-bond donors (Lipinski definition) is 4. The van der Waals surface area contributed by atoms with Gasteiger partial charge in [-0.2, -0.15) is 29.5 Å². The monoisotopic (exact) mass is 868 g/mol. The van der Waals surface area contributed by atoms with E-state index in [9.17, 15) is 4.79 Å². The van der Waals surface area contributed by atoms with Crippen LogP contribution in [0.1, 0.15) is 11.4 Å². The van der Waals surface area contributed by atoms with E-state index in [1.165, 1.54) is 7.11 Å². The number of ether oxygens (including phenoxy) is 1. The van der Waals surface area contributed by atoms with Gasteiger partial charge in [-0.3, -0.25) is 14.4 Å². The van der Waals surface area contributed by atoms with Crippen molar-refractivity contribution in [1.82, 2.24) is 69.1 Å². The normalized spacial score (nSPS) is 17.4. The van der Waals surface area contributed by atoms with E-state index in [1.54, 1.807) is 44.4 Å². The summed E-state index contributed by atoms with van der Waals surface area (Å²) < 4.78 is 26.8. The number of halogens is 2. The number of H-pyrrole nitrogens is 1. The highest BCUT2D eigenvalue weighted by Crippen LogP contribution is 2.31. The van der Waals surface area contributed by atoms with Gasteiger partial charge in [-0.1, -0.05) is 12.6 Å². The van der Waals surface area contributed by atoms with E-state index in [0.717, 1.165) is 26.9 Å². The number of nitrogens with zero attached hydrogens (tertiary/aromatic N) is 14. The lowest BCUT2D eigenvalue weighted by molar-refractivity contribution is -0.118. The third-order valence-corrected chi connectivity index (χ3v) is 11.0. The smallest absolute Gasteiger partial charge is 0.256 e. The van der Waals surface area contributed by atoms with Crippen LogP contribution >= 0.6 is 15.9 Å². The molecular weight excluding hydrogens is 827 g/mol. The van der Waals surface area contributed by atoms with Crippen LogP contribution in [0.15, 0.2) is 53.5 Å². The SMILES string of the molecule is C=C(CN1CCN(c2nc(NCc3nc4ccc(C)cc4[nH]3)n3ncc(Br)c3n2)CC1)C(=O)N[C@@H]1CN(c2nc(Nc3cn(C)nc3OC)c3ncn(C)c3n2)C[C@H]1F. The Morgan fingerprint density at radius 3 is 2.66 bits per heavy atom. The van der Waals surface area contributed by atoms with Crippen molar-refractivity contribution in [3.8, 4) is 5.88 Å². The highest BCUT2D eigenvalue weighted by Gasteiger charge is 2.36. The fraction of sp³-hybridized carbons (Fsp3) is 0.378. The lowest BCUT2D eigenvalue weighted by atomic mass is 10.2. The van der Waals surface area contributed by atoms with Gasteiger partial charge in [-0.25, -0.2) is 14.4 Å². The summed E-state index contributed by atoms with van der Waals surface area (Å²) in [6.45, 7) is 9.55. The Bertz CT molecular complexity index is 2720. The van der Waals surface area contributed by atoms with Crippen LogP contribution in [0.5, 0.6) is 5.88 Å². The minimum absolute atomic E-state index is 0.00101. The van der Waals surface area contributed by atoms with E-state index in [4.69, 9.17) is 29.7 Å². The van der Waals surface area contributed by atoms with Crippen LogP contribution < -0.4 is 30.5 Å². The molecule has 2 atom stereocenters. The van der Waals surface area contributed by atoms with E-state index < -0.39 is 18.1 Å². The molecule has 59 heavy (non-hydrogen) atoms. The van der Waals surface area contributed by atoms with Gasteiger partial charge in [0.25, 0.3) is 5.88 Å². The van der Waals surface area contributed by atoms with Gasteiger partial charge in [0.1, 0.15) is 17.7 Å². The summed E-state index contributed by atoms with van der Waals surface area (Å²) in [5.41, 5.74) is 5.69. The summed E-state index contributed by atoms with van der Waals surface area (Å²) >= 11 is 3.58. The fourth-order valence-corrected chi connectivity index (χ4v) is 7.70. The topological polar surface area (TPSA) is 205 Å². The Morgan fingerprint density at radius 2 is 1.85 bits per heavy atom. The summed E-state index contributed by atoms with van der Waals surface area (Å²) in [4.78, 5) is 51.0. The number of piperazine rings is 1. The number of aromatic amines is 1.